The maximum absolute atomic E-state index is 10.5. The smallest absolute Gasteiger partial charge is 0.329 e. The first-order valence-electron chi connectivity index (χ1n) is 6.62. The van der Waals surface area contributed by atoms with Gasteiger partial charge in [-0.25, -0.2) is 4.79 Å². The SMILES string of the molecule is CC1(OCC(=O)O)CN(Cc2cc(-c3ccco3)on2)C1. The minimum Gasteiger partial charge on any atom is -0.480 e. The molecule has 0 aliphatic carbocycles. The molecule has 0 amide bonds. The summed E-state index contributed by atoms with van der Waals surface area (Å²) in [6.45, 7) is 3.61. The average molecular weight is 292 g/mol. The van der Waals surface area contributed by atoms with Gasteiger partial charge in [-0.05, 0) is 19.1 Å². The Morgan fingerprint density at radius 3 is 3.00 bits per heavy atom. The first-order valence-corrected chi connectivity index (χ1v) is 6.62. The number of furan rings is 1. The van der Waals surface area contributed by atoms with E-state index in [0.29, 0.717) is 31.2 Å². The molecule has 1 N–H and O–H groups in total. The molecule has 0 spiro atoms. The number of hydrogen-bond donors (Lipinski definition) is 1. The van der Waals surface area contributed by atoms with Gasteiger partial charge in [0.05, 0.1) is 17.6 Å². The molecule has 1 fully saturated rings. The van der Waals surface area contributed by atoms with E-state index in [1.807, 2.05) is 19.1 Å². The molecule has 1 aliphatic rings. The monoisotopic (exact) mass is 292 g/mol. The fourth-order valence-electron chi connectivity index (χ4n) is 2.49. The maximum atomic E-state index is 10.5. The second kappa shape index (κ2) is 5.34. The summed E-state index contributed by atoms with van der Waals surface area (Å²) in [5.74, 6) is 0.293. The summed E-state index contributed by atoms with van der Waals surface area (Å²) in [7, 11) is 0. The van der Waals surface area contributed by atoms with Gasteiger partial charge in [0.1, 0.15) is 6.61 Å². The lowest BCUT2D eigenvalue weighted by Crippen LogP contribution is -2.61. The third kappa shape index (κ3) is 3.14. The number of hydrogen-bond acceptors (Lipinski definition) is 6. The molecule has 7 heteroatoms. The van der Waals surface area contributed by atoms with Crippen molar-refractivity contribution in [3.05, 3.63) is 30.2 Å². The molecule has 1 aliphatic heterocycles. The van der Waals surface area contributed by atoms with Gasteiger partial charge >= 0.3 is 5.97 Å². The number of likely N-dealkylation sites (tertiary alicyclic amines) is 1. The van der Waals surface area contributed by atoms with E-state index < -0.39 is 11.6 Å². The van der Waals surface area contributed by atoms with Crippen molar-refractivity contribution >= 4 is 5.97 Å². The molecule has 0 atom stereocenters. The van der Waals surface area contributed by atoms with Crippen molar-refractivity contribution in [2.45, 2.75) is 19.1 Å². The fraction of sp³-hybridized carbons (Fsp3) is 0.429. The van der Waals surface area contributed by atoms with Crippen LogP contribution in [-0.4, -0.2) is 46.4 Å². The number of carbonyl (C=O) groups is 1. The highest BCUT2D eigenvalue weighted by atomic mass is 16.5. The number of carboxylic acid groups (broad SMARTS) is 1. The van der Waals surface area contributed by atoms with Gasteiger partial charge < -0.3 is 18.8 Å². The van der Waals surface area contributed by atoms with Crippen LogP contribution in [0, 0.1) is 0 Å². The average Bonchev–Trinajstić information content (AvgIpc) is 3.04. The molecule has 112 valence electrons. The molecule has 21 heavy (non-hydrogen) atoms. The van der Waals surface area contributed by atoms with Crippen LogP contribution in [0.4, 0.5) is 0 Å². The van der Waals surface area contributed by atoms with E-state index in [1.54, 1.807) is 12.3 Å². The Morgan fingerprint density at radius 2 is 2.33 bits per heavy atom. The van der Waals surface area contributed by atoms with Crippen molar-refractivity contribution < 1.29 is 23.6 Å². The van der Waals surface area contributed by atoms with E-state index in [2.05, 4.69) is 10.1 Å². The Balaban J connectivity index is 1.52. The number of carboxylic acids is 1. The number of ether oxygens (including phenoxy) is 1. The molecule has 0 radical (unpaired) electrons. The summed E-state index contributed by atoms with van der Waals surface area (Å²) >= 11 is 0. The quantitative estimate of drug-likeness (QED) is 0.865. The van der Waals surface area contributed by atoms with Crippen molar-refractivity contribution in [1.29, 1.82) is 0 Å². The first-order chi connectivity index (χ1) is 10.0. The van der Waals surface area contributed by atoms with Crippen LogP contribution >= 0.6 is 0 Å². The third-order valence-electron chi connectivity index (χ3n) is 3.37. The van der Waals surface area contributed by atoms with Crippen LogP contribution in [-0.2, 0) is 16.1 Å². The van der Waals surface area contributed by atoms with Crippen molar-refractivity contribution in [2.24, 2.45) is 0 Å². The molecule has 0 saturated carbocycles. The summed E-state index contributed by atoms with van der Waals surface area (Å²) < 4.78 is 15.8. The minimum absolute atomic E-state index is 0.267. The first kappa shape index (κ1) is 13.8. The van der Waals surface area contributed by atoms with Crippen molar-refractivity contribution in [2.75, 3.05) is 19.7 Å². The molecule has 0 unspecified atom stereocenters. The zero-order valence-corrected chi connectivity index (χ0v) is 11.6. The van der Waals surface area contributed by atoms with Crippen LogP contribution in [0.3, 0.4) is 0 Å². The van der Waals surface area contributed by atoms with Gasteiger partial charge in [0, 0.05) is 25.7 Å². The molecule has 1 saturated heterocycles. The predicted octanol–water partition coefficient (Wildman–Crippen LogP) is 1.61. The van der Waals surface area contributed by atoms with E-state index in [9.17, 15) is 4.79 Å². The normalized spacial score (nSPS) is 17.6. The number of aliphatic carboxylic acids is 1. The predicted molar refractivity (Wildman–Crippen MR) is 71.5 cm³/mol. The Bertz CT molecular complexity index is 613. The summed E-state index contributed by atoms with van der Waals surface area (Å²) in [5.41, 5.74) is 0.410. The van der Waals surface area contributed by atoms with Crippen LogP contribution < -0.4 is 0 Å². The fourth-order valence-corrected chi connectivity index (χ4v) is 2.49. The summed E-state index contributed by atoms with van der Waals surface area (Å²) in [6.07, 6.45) is 1.58. The minimum atomic E-state index is -0.950. The summed E-state index contributed by atoms with van der Waals surface area (Å²) in [6, 6.07) is 5.44. The van der Waals surface area contributed by atoms with E-state index in [4.69, 9.17) is 18.8 Å². The molecule has 2 aromatic rings. The lowest BCUT2D eigenvalue weighted by Gasteiger charge is -2.47. The van der Waals surface area contributed by atoms with Crippen molar-refractivity contribution in [3.63, 3.8) is 0 Å². The number of rotatable bonds is 6. The van der Waals surface area contributed by atoms with Gasteiger partial charge in [0.2, 0.25) is 5.76 Å². The Labute approximate surface area is 121 Å². The van der Waals surface area contributed by atoms with Gasteiger partial charge in [-0.2, -0.15) is 0 Å². The Morgan fingerprint density at radius 1 is 1.52 bits per heavy atom. The standard InChI is InChI=1S/C14H16N2O5/c1-14(20-7-13(17)18)8-16(9-14)6-10-5-12(21-15-10)11-3-2-4-19-11/h2-5H,6-9H2,1H3,(H,17,18). The highest BCUT2D eigenvalue weighted by Gasteiger charge is 2.40. The lowest BCUT2D eigenvalue weighted by molar-refractivity contribution is -0.165. The van der Waals surface area contributed by atoms with Gasteiger partial charge in [0.25, 0.3) is 0 Å². The van der Waals surface area contributed by atoms with Crippen molar-refractivity contribution in [1.82, 2.24) is 10.1 Å². The molecule has 0 aromatic carbocycles. The largest absolute Gasteiger partial charge is 0.480 e. The van der Waals surface area contributed by atoms with Gasteiger partial charge in [-0.15, -0.1) is 0 Å². The second-order valence-electron chi connectivity index (χ2n) is 5.44. The summed E-state index contributed by atoms with van der Waals surface area (Å²) in [4.78, 5) is 12.6. The molecular weight excluding hydrogens is 276 g/mol. The van der Waals surface area contributed by atoms with E-state index in [1.165, 1.54) is 0 Å². The van der Waals surface area contributed by atoms with Gasteiger partial charge in [-0.3, -0.25) is 4.90 Å². The van der Waals surface area contributed by atoms with Crippen LogP contribution in [0.1, 0.15) is 12.6 Å². The topological polar surface area (TPSA) is 88.9 Å². The molecule has 3 heterocycles. The zero-order chi connectivity index (χ0) is 14.9. The van der Waals surface area contributed by atoms with Crippen molar-refractivity contribution in [3.8, 4) is 11.5 Å². The summed E-state index contributed by atoms with van der Waals surface area (Å²) in [5, 5.41) is 12.6. The molecule has 3 rings (SSSR count). The molecule has 2 aromatic heterocycles. The Kier molecular flexibility index (Phi) is 3.52. The van der Waals surface area contributed by atoms with Gasteiger partial charge in [0.15, 0.2) is 5.76 Å². The molecule has 0 bridgehead atoms. The highest BCUT2D eigenvalue weighted by Crippen LogP contribution is 2.27. The van der Waals surface area contributed by atoms with E-state index in [0.717, 1.165) is 5.69 Å². The van der Waals surface area contributed by atoms with Gasteiger partial charge in [-0.1, -0.05) is 5.16 Å². The maximum Gasteiger partial charge on any atom is 0.329 e. The second-order valence-corrected chi connectivity index (χ2v) is 5.44. The zero-order valence-electron chi connectivity index (χ0n) is 11.6. The number of nitrogens with zero attached hydrogens (tertiary/aromatic N) is 2. The van der Waals surface area contributed by atoms with Crippen LogP contribution in [0.2, 0.25) is 0 Å². The van der Waals surface area contributed by atoms with E-state index in [-0.39, 0.29) is 6.61 Å². The Hall–Kier alpha value is -2.12. The lowest BCUT2D eigenvalue weighted by atomic mass is 9.96. The molecule has 7 nitrogen and oxygen atoms in total. The third-order valence-corrected chi connectivity index (χ3v) is 3.37. The van der Waals surface area contributed by atoms with Crippen LogP contribution in [0.5, 0.6) is 0 Å². The van der Waals surface area contributed by atoms with E-state index >= 15 is 0 Å². The highest BCUT2D eigenvalue weighted by molar-refractivity contribution is 5.68. The van der Waals surface area contributed by atoms with Crippen LogP contribution in [0.15, 0.2) is 33.4 Å². The number of aromatic nitrogens is 1. The molecular formula is C14H16N2O5. The van der Waals surface area contributed by atoms with Crippen LogP contribution in [0.25, 0.3) is 11.5 Å².